The molecule has 1 heterocycles. The number of aromatic nitrogens is 2. The van der Waals surface area contributed by atoms with E-state index in [0.717, 1.165) is 33.6 Å². The van der Waals surface area contributed by atoms with Crippen molar-refractivity contribution in [1.82, 2.24) is 15.3 Å². The zero-order valence-electron chi connectivity index (χ0n) is 28.3. The van der Waals surface area contributed by atoms with E-state index in [9.17, 15) is 0 Å². The monoisotopic (exact) mass is 681 g/mol. The van der Waals surface area contributed by atoms with Crippen LogP contribution in [-0.4, -0.2) is 21.5 Å². The third-order valence-corrected chi connectivity index (χ3v) is 9.33. The molecule has 0 saturated heterocycles. The van der Waals surface area contributed by atoms with Gasteiger partial charge in [0.05, 0.1) is 11.4 Å². The van der Waals surface area contributed by atoms with E-state index < -0.39 is 12.1 Å². The maximum Gasteiger partial charge on any atom is 0.299 e. The molecule has 0 saturated carbocycles. The fourth-order valence-corrected chi connectivity index (χ4v) is 6.60. The zero-order valence-corrected chi connectivity index (χ0v) is 28.3. The van der Waals surface area contributed by atoms with Gasteiger partial charge in [0.2, 0.25) is 0 Å². The van der Waals surface area contributed by atoms with Gasteiger partial charge in [-0.05, 0) is 47.4 Å². The number of halogens is 2. The molecule has 1 aromatic heterocycles. The summed E-state index contributed by atoms with van der Waals surface area (Å²) in [6.45, 7) is 1.87. The van der Waals surface area contributed by atoms with Crippen LogP contribution in [0.4, 0.5) is 8.78 Å². The van der Waals surface area contributed by atoms with Gasteiger partial charge in [-0.2, -0.15) is 8.78 Å². The molecule has 0 aliphatic heterocycles. The molecule has 0 bridgehead atoms. The fraction of sp³-hybridized carbons (Fsp3) is 0.0667. The molecule has 7 heteroatoms. The minimum atomic E-state index is -3.17. The highest BCUT2D eigenvalue weighted by Gasteiger charge is 2.44. The number of fused-ring (bicyclic) bond motifs is 3. The van der Waals surface area contributed by atoms with Gasteiger partial charge in [-0.3, -0.25) is 10.4 Å². The first kappa shape index (κ1) is 32.6. The molecule has 0 amide bonds. The van der Waals surface area contributed by atoms with Crippen molar-refractivity contribution in [3.8, 4) is 45.0 Å². The Bertz CT molecular complexity index is 2370. The van der Waals surface area contributed by atoms with Gasteiger partial charge in [0.25, 0.3) is 5.92 Å². The summed E-state index contributed by atoms with van der Waals surface area (Å²) in [5.74, 6) is -2.49. The van der Waals surface area contributed by atoms with E-state index >= 15 is 8.78 Å². The summed E-state index contributed by atoms with van der Waals surface area (Å²) >= 11 is 0. The maximum absolute atomic E-state index is 16.0. The molecule has 2 N–H and O–H groups in total. The van der Waals surface area contributed by atoms with Gasteiger partial charge >= 0.3 is 0 Å². The van der Waals surface area contributed by atoms with Crippen molar-refractivity contribution >= 4 is 11.5 Å². The number of rotatable bonds is 8. The van der Waals surface area contributed by atoms with E-state index in [-0.39, 0.29) is 17.0 Å². The summed E-state index contributed by atoms with van der Waals surface area (Å²) in [4.78, 5) is 14.9. The first-order valence-electron chi connectivity index (χ1n) is 17.0. The van der Waals surface area contributed by atoms with Crippen LogP contribution in [0.25, 0.3) is 45.0 Å². The maximum atomic E-state index is 16.0. The lowest BCUT2D eigenvalue weighted by molar-refractivity contribution is 0.0480. The summed E-state index contributed by atoms with van der Waals surface area (Å²) in [5.41, 5.74) is 7.72. The standard InChI is InChI=1S/C45H33F2N5/c1-29(49-43(33-20-12-5-13-21-33)52-42(48)32-18-10-4-11-19-32)34-22-24-38-36(26-34)37-27-35(23-25-39(37)45(38,46)47)44-50-40(30-14-6-2-7-15-30)28-41(51-44)31-16-8-3-9-17-31/h2-28,43H,1H3,(H2,48,52)/b49-29+. The predicted molar refractivity (Wildman–Crippen MR) is 205 cm³/mol. The molecule has 0 radical (unpaired) electrons. The summed E-state index contributed by atoms with van der Waals surface area (Å²) in [7, 11) is 0. The molecule has 6 aromatic carbocycles. The van der Waals surface area contributed by atoms with Crippen LogP contribution >= 0.6 is 0 Å². The molecule has 1 atom stereocenters. The molecule has 52 heavy (non-hydrogen) atoms. The molecule has 7 aromatic rings. The van der Waals surface area contributed by atoms with Crippen molar-refractivity contribution in [1.29, 1.82) is 5.41 Å². The second-order valence-corrected chi connectivity index (χ2v) is 12.7. The van der Waals surface area contributed by atoms with Gasteiger partial charge in [0.1, 0.15) is 12.0 Å². The Morgan fingerprint density at radius 2 is 1.12 bits per heavy atom. The molecular weight excluding hydrogens is 649 g/mol. The van der Waals surface area contributed by atoms with Crippen LogP contribution < -0.4 is 5.32 Å². The van der Waals surface area contributed by atoms with Crippen LogP contribution in [0.1, 0.15) is 40.9 Å². The third-order valence-electron chi connectivity index (χ3n) is 9.33. The van der Waals surface area contributed by atoms with Gasteiger partial charge < -0.3 is 5.32 Å². The van der Waals surface area contributed by atoms with Crippen LogP contribution in [0, 0.1) is 5.41 Å². The number of benzene rings is 6. The fourth-order valence-electron chi connectivity index (χ4n) is 6.60. The van der Waals surface area contributed by atoms with Gasteiger partial charge in [-0.25, -0.2) is 9.97 Å². The highest BCUT2D eigenvalue weighted by molar-refractivity contribution is 6.01. The average molecular weight is 682 g/mol. The third kappa shape index (κ3) is 6.29. The normalized spacial score (nSPS) is 13.6. The van der Waals surface area contributed by atoms with Crippen molar-refractivity contribution in [2.24, 2.45) is 4.99 Å². The van der Waals surface area contributed by atoms with E-state index in [2.05, 4.69) is 5.32 Å². The molecule has 5 nitrogen and oxygen atoms in total. The van der Waals surface area contributed by atoms with Gasteiger partial charge in [-0.15, -0.1) is 0 Å². The number of nitrogens with zero attached hydrogens (tertiary/aromatic N) is 3. The summed E-state index contributed by atoms with van der Waals surface area (Å²) in [5, 5.41) is 12.0. The first-order valence-corrected chi connectivity index (χ1v) is 17.0. The van der Waals surface area contributed by atoms with E-state index in [1.165, 1.54) is 12.1 Å². The Hall–Kier alpha value is -6.60. The van der Waals surface area contributed by atoms with Gasteiger partial charge in [0, 0.05) is 39.1 Å². The summed E-state index contributed by atoms with van der Waals surface area (Å²) < 4.78 is 32.0. The van der Waals surface area contributed by atoms with E-state index in [0.29, 0.717) is 33.8 Å². The molecule has 1 unspecified atom stereocenters. The Kier molecular flexibility index (Phi) is 8.53. The quantitative estimate of drug-likeness (QED) is 0.124. The lowest BCUT2D eigenvalue weighted by Gasteiger charge is -2.19. The number of nitrogens with one attached hydrogen (secondary N) is 2. The smallest absolute Gasteiger partial charge is 0.299 e. The SMILES string of the molecule is C/C(=N\C(NC(=N)c1ccccc1)c1ccccc1)c1ccc2c(c1)-c1cc(-c3nc(-c4ccccc4)cc(-c4ccccc4)n3)ccc1C2(F)F. The van der Waals surface area contributed by atoms with Gasteiger partial charge in [0.15, 0.2) is 5.82 Å². The van der Waals surface area contributed by atoms with E-state index in [4.69, 9.17) is 20.4 Å². The molecule has 1 aliphatic rings. The number of amidine groups is 1. The highest BCUT2D eigenvalue weighted by Crippen LogP contribution is 2.52. The number of hydrogen-bond acceptors (Lipinski definition) is 4. The van der Waals surface area contributed by atoms with E-state index in [1.54, 1.807) is 24.3 Å². The molecule has 252 valence electrons. The van der Waals surface area contributed by atoms with E-state index in [1.807, 2.05) is 134 Å². The molecule has 1 aliphatic carbocycles. The second-order valence-electron chi connectivity index (χ2n) is 12.7. The van der Waals surface area contributed by atoms with Crippen molar-refractivity contribution in [2.45, 2.75) is 19.0 Å². The second kappa shape index (κ2) is 13.6. The number of aliphatic imine (C=N–C) groups is 1. The van der Waals surface area contributed by atoms with Crippen LogP contribution in [0.3, 0.4) is 0 Å². The molecule has 0 fully saturated rings. The van der Waals surface area contributed by atoms with Gasteiger partial charge in [-0.1, -0.05) is 146 Å². The zero-order chi connectivity index (χ0) is 35.7. The Morgan fingerprint density at radius 1 is 0.596 bits per heavy atom. The lowest BCUT2D eigenvalue weighted by Crippen LogP contribution is -2.28. The molecule has 8 rings (SSSR count). The van der Waals surface area contributed by atoms with Crippen LogP contribution in [-0.2, 0) is 5.92 Å². The van der Waals surface area contributed by atoms with Crippen LogP contribution in [0.2, 0.25) is 0 Å². The number of hydrogen-bond donors (Lipinski definition) is 2. The van der Waals surface area contributed by atoms with Crippen molar-refractivity contribution in [2.75, 3.05) is 0 Å². The first-order chi connectivity index (χ1) is 25.3. The Balaban J connectivity index is 1.19. The summed E-state index contributed by atoms with van der Waals surface area (Å²) in [6.07, 6.45) is -0.574. The highest BCUT2D eigenvalue weighted by atomic mass is 19.3. The molecular formula is C45H33F2N5. The topological polar surface area (TPSA) is 74.0 Å². The molecule has 0 spiro atoms. The van der Waals surface area contributed by atoms with Crippen LogP contribution in [0.5, 0.6) is 0 Å². The largest absolute Gasteiger partial charge is 0.345 e. The van der Waals surface area contributed by atoms with Crippen molar-refractivity contribution in [3.05, 3.63) is 192 Å². The minimum absolute atomic E-state index is 0.0521. The lowest BCUT2D eigenvalue weighted by atomic mass is 9.99. The predicted octanol–water partition coefficient (Wildman–Crippen LogP) is 10.7. The Morgan fingerprint density at radius 3 is 1.71 bits per heavy atom. The average Bonchev–Trinajstić information content (AvgIpc) is 3.43. The van der Waals surface area contributed by atoms with Crippen molar-refractivity contribution < 1.29 is 8.78 Å². The minimum Gasteiger partial charge on any atom is -0.345 e. The summed E-state index contributed by atoms with van der Waals surface area (Å²) in [6, 6.07) is 50.7. The van der Waals surface area contributed by atoms with Crippen molar-refractivity contribution in [3.63, 3.8) is 0 Å². The Labute approximate surface area is 300 Å². The number of alkyl halides is 2. The van der Waals surface area contributed by atoms with Crippen LogP contribution in [0.15, 0.2) is 169 Å².